The van der Waals surface area contributed by atoms with Crippen molar-refractivity contribution in [1.82, 2.24) is 4.90 Å². The molecule has 4 rings (SSSR count). The zero-order chi connectivity index (χ0) is 23.7. The van der Waals surface area contributed by atoms with Crippen LogP contribution in [-0.2, 0) is 16.1 Å². The molecular formula is C28H28N2O3. The fraction of sp³-hybridized carbons (Fsp3) is 0.214. The van der Waals surface area contributed by atoms with Crippen LogP contribution in [0.2, 0.25) is 0 Å². The predicted octanol–water partition coefficient (Wildman–Crippen LogP) is 5.32. The summed E-state index contributed by atoms with van der Waals surface area (Å²) in [6.45, 7) is 8.18. The van der Waals surface area contributed by atoms with Crippen LogP contribution < -0.4 is 10.1 Å². The Morgan fingerprint density at radius 2 is 1.52 bits per heavy atom. The van der Waals surface area contributed by atoms with E-state index < -0.39 is 0 Å². The van der Waals surface area contributed by atoms with E-state index in [-0.39, 0.29) is 18.4 Å². The fourth-order valence-corrected chi connectivity index (χ4v) is 4.20. The molecule has 1 aliphatic rings. The lowest BCUT2D eigenvalue weighted by Gasteiger charge is -2.17. The SMILES string of the molecule is COc1ccccc1CN1C(=O)C(Nc2cc(C)cc(C)c2)=C(c2ccc(C)c(C)c2)C1=O. The summed E-state index contributed by atoms with van der Waals surface area (Å²) in [4.78, 5) is 28.5. The highest BCUT2D eigenvalue weighted by Gasteiger charge is 2.39. The number of hydrogen-bond acceptors (Lipinski definition) is 4. The van der Waals surface area contributed by atoms with E-state index in [0.717, 1.165) is 39.1 Å². The van der Waals surface area contributed by atoms with E-state index in [9.17, 15) is 9.59 Å². The minimum atomic E-state index is -0.349. The van der Waals surface area contributed by atoms with Crippen molar-refractivity contribution in [2.75, 3.05) is 12.4 Å². The minimum absolute atomic E-state index is 0.133. The van der Waals surface area contributed by atoms with Gasteiger partial charge in [-0.1, -0.05) is 42.5 Å². The van der Waals surface area contributed by atoms with Gasteiger partial charge in [0.1, 0.15) is 11.4 Å². The van der Waals surface area contributed by atoms with E-state index in [1.165, 1.54) is 4.90 Å². The summed E-state index contributed by atoms with van der Waals surface area (Å²) in [5, 5.41) is 3.27. The van der Waals surface area contributed by atoms with Crippen molar-refractivity contribution >= 4 is 23.1 Å². The van der Waals surface area contributed by atoms with E-state index in [4.69, 9.17) is 4.74 Å². The van der Waals surface area contributed by atoms with Crippen LogP contribution in [0.3, 0.4) is 0 Å². The van der Waals surface area contributed by atoms with Gasteiger partial charge in [0.05, 0.1) is 19.2 Å². The number of ether oxygens (including phenoxy) is 1. The molecule has 0 atom stereocenters. The smallest absolute Gasteiger partial charge is 0.278 e. The fourth-order valence-electron chi connectivity index (χ4n) is 4.20. The summed E-state index contributed by atoms with van der Waals surface area (Å²) in [6, 6.07) is 19.3. The number of carbonyl (C=O) groups is 2. The molecule has 0 radical (unpaired) electrons. The summed E-state index contributed by atoms with van der Waals surface area (Å²) in [5.74, 6) is -0.0270. The van der Waals surface area contributed by atoms with Gasteiger partial charge in [0.2, 0.25) is 0 Å². The number of imide groups is 1. The zero-order valence-corrected chi connectivity index (χ0v) is 19.7. The molecule has 1 heterocycles. The van der Waals surface area contributed by atoms with Crippen LogP contribution in [0.1, 0.15) is 33.4 Å². The number of para-hydroxylation sites is 1. The Hall–Kier alpha value is -3.86. The second-order valence-electron chi connectivity index (χ2n) is 8.56. The van der Waals surface area contributed by atoms with E-state index in [0.29, 0.717) is 17.0 Å². The first-order valence-corrected chi connectivity index (χ1v) is 10.9. The number of anilines is 1. The van der Waals surface area contributed by atoms with Gasteiger partial charge < -0.3 is 10.1 Å². The molecule has 0 spiro atoms. The molecule has 1 aliphatic heterocycles. The van der Waals surface area contributed by atoms with Gasteiger partial charge in [-0.05, 0) is 73.7 Å². The molecule has 0 saturated carbocycles. The molecular weight excluding hydrogens is 412 g/mol. The van der Waals surface area contributed by atoms with Gasteiger partial charge in [-0.25, -0.2) is 0 Å². The first kappa shape index (κ1) is 22.3. The number of amides is 2. The zero-order valence-electron chi connectivity index (χ0n) is 19.7. The van der Waals surface area contributed by atoms with E-state index in [1.807, 2.05) is 82.3 Å². The van der Waals surface area contributed by atoms with Crippen LogP contribution in [0.25, 0.3) is 5.57 Å². The maximum Gasteiger partial charge on any atom is 0.278 e. The third kappa shape index (κ3) is 4.40. The molecule has 33 heavy (non-hydrogen) atoms. The Balaban J connectivity index is 1.79. The van der Waals surface area contributed by atoms with E-state index in [1.54, 1.807) is 7.11 Å². The quantitative estimate of drug-likeness (QED) is 0.527. The van der Waals surface area contributed by atoms with Crippen molar-refractivity contribution in [2.45, 2.75) is 34.2 Å². The Kier molecular flexibility index (Phi) is 6.05. The van der Waals surface area contributed by atoms with Crippen LogP contribution in [-0.4, -0.2) is 23.8 Å². The third-order valence-electron chi connectivity index (χ3n) is 5.98. The normalized spacial score (nSPS) is 13.7. The summed E-state index contributed by atoms with van der Waals surface area (Å²) >= 11 is 0. The Labute approximate surface area is 194 Å². The van der Waals surface area contributed by atoms with Gasteiger partial charge >= 0.3 is 0 Å². The number of aryl methyl sites for hydroxylation is 4. The number of carbonyl (C=O) groups excluding carboxylic acids is 2. The third-order valence-corrected chi connectivity index (χ3v) is 5.98. The van der Waals surface area contributed by atoms with E-state index >= 15 is 0 Å². The van der Waals surface area contributed by atoms with Crippen LogP contribution in [0.5, 0.6) is 5.75 Å². The molecule has 2 amide bonds. The highest BCUT2D eigenvalue weighted by molar-refractivity contribution is 6.36. The lowest BCUT2D eigenvalue weighted by atomic mass is 9.99. The van der Waals surface area contributed by atoms with Crippen LogP contribution in [0, 0.1) is 27.7 Å². The molecule has 0 saturated heterocycles. The Morgan fingerprint density at radius 3 is 2.18 bits per heavy atom. The van der Waals surface area contributed by atoms with E-state index in [2.05, 4.69) is 11.4 Å². The molecule has 0 aliphatic carbocycles. The van der Waals surface area contributed by atoms with Crippen molar-refractivity contribution in [3.05, 3.63) is 99.7 Å². The second-order valence-corrected chi connectivity index (χ2v) is 8.56. The Bertz CT molecular complexity index is 1270. The largest absolute Gasteiger partial charge is 0.496 e. The molecule has 0 bridgehead atoms. The number of rotatable bonds is 6. The standard InChI is InChI=1S/C28H28N2O3/c1-17-12-18(2)14-23(13-17)29-26-25(21-11-10-19(3)20(4)15-21)27(31)30(28(26)32)16-22-8-6-7-9-24(22)33-5/h6-15,29H,16H2,1-5H3. The average molecular weight is 441 g/mol. The number of nitrogens with zero attached hydrogens (tertiary/aromatic N) is 1. The lowest BCUT2D eigenvalue weighted by molar-refractivity contribution is -0.137. The molecule has 1 N–H and O–H groups in total. The van der Waals surface area contributed by atoms with Crippen molar-refractivity contribution in [3.8, 4) is 5.75 Å². The molecule has 3 aromatic carbocycles. The van der Waals surface area contributed by atoms with Gasteiger partial charge in [-0.15, -0.1) is 0 Å². The minimum Gasteiger partial charge on any atom is -0.496 e. The first-order chi connectivity index (χ1) is 15.8. The number of benzene rings is 3. The van der Waals surface area contributed by atoms with Gasteiger partial charge in [0.25, 0.3) is 11.8 Å². The molecule has 5 nitrogen and oxygen atoms in total. The molecule has 3 aromatic rings. The predicted molar refractivity (Wildman–Crippen MR) is 131 cm³/mol. The van der Waals surface area contributed by atoms with Gasteiger partial charge in [-0.3, -0.25) is 14.5 Å². The summed E-state index contributed by atoms with van der Waals surface area (Å²) in [5.41, 5.74) is 7.31. The molecule has 168 valence electrons. The summed E-state index contributed by atoms with van der Waals surface area (Å²) in [7, 11) is 1.58. The molecule has 0 unspecified atom stereocenters. The van der Waals surface area contributed by atoms with Crippen molar-refractivity contribution in [3.63, 3.8) is 0 Å². The topological polar surface area (TPSA) is 58.6 Å². The maximum atomic E-state index is 13.6. The van der Waals surface area contributed by atoms with Gasteiger partial charge in [-0.2, -0.15) is 0 Å². The van der Waals surface area contributed by atoms with Crippen molar-refractivity contribution < 1.29 is 14.3 Å². The monoisotopic (exact) mass is 440 g/mol. The Morgan fingerprint density at radius 1 is 0.818 bits per heavy atom. The molecule has 0 fully saturated rings. The lowest BCUT2D eigenvalue weighted by Crippen LogP contribution is -2.32. The average Bonchev–Trinajstić information content (AvgIpc) is 2.99. The van der Waals surface area contributed by atoms with Crippen LogP contribution in [0.15, 0.2) is 66.4 Å². The van der Waals surface area contributed by atoms with Crippen molar-refractivity contribution in [2.24, 2.45) is 0 Å². The second kappa shape index (κ2) is 8.94. The summed E-state index contributed by atoms with van der Waals surface area (Å²) in [6.07, 6.45) is 0. The number of methoxy groups -OCH3 is 1. The number of hydrogen-bond donors (Lipinski definition) is 1. The molecule has 0 aromatic heterocycles. The van der Waals surface area contributed by atoms with Gasteiger partial charge in [0, 0.05) is 11.3 Å². The maximum absolute atomic E-state index is 13.6. The van der Waals surface area contributed by atoms with Crippen molar-refractivity contribution in [1.29, 1.82) is 0 Å². The van der Waals surface area contributed by atoms with Crippen LogP contribution >= 0.6 is 0 Å². The van der Waals surface area contributed by atoms with Crippen LogP contribution in [0.4, 0.5) is 5.69 Å². The molecule has 5 heteroatoms. The number of nitrogens with one attached hydrogen (secondary N) is 1. The highest BCUT2D eigenvalue weighted by atomic mass is 16.5. The summed E-state index contributed by atoms with van der Waals surface area (Å²) < 4.78 is 5.44. The van der Waals surface area contributed by atoms with Gasteiger partial charge in [0.15, 0.2) is 0 Å². The first-order valence-electron chi connectivity index (χ1n) is 10.9. The highest BCUT2D eigenvalue weighted by Crippen LogP contribution is 2.33.